The number of carbonyl (C=O) groups excluding carboxylic acids is 5. The molecule has 0 saturated carbocycles. The Kier molecular flexibility index (Phi) is 17.4. The zero-order valence-electron chi connectivity index (χ0n) is 28.0. The molecule has 0 unspecified atom stereocenters. The van der Waals surface area contributed by atoms with Crippen LogP contribution >= 0.6 is 0 Å². The molecule has 49 heavy (non-hydrogen) atoms. The van der Waals surface area contributed by atoms with Crippen LogP contribution in [0.1, 0.15) is 43.2 Å². The zero-order chi connectivity index (χ0) is 35.4. The zero-order valence-corrected chi connectivity index (χ0v) is 28.0. The van der Waals surface area contributed by atoms with Gasteiger partial charge >= 0.3 is 6.09 Å². The first kappa shape index (κ1) is 39.2. The van der Waals surface area contributed by atoms with Crippen molar-refractivity contribution in [2.45, 2.75) is 38.1 Å². The van der Waals surface area contributed by atoms with Crippen LogP contribution in [0.25, 0.3) is 11.1 Å². The molecule has 2 atom stereocenters. The van der Waals surface area contributed by atoms with Gasteiger partial charge in [0.2, 0.25) is 11.8 Å². The lowest BCUT2D eigenvalue weighted by molar-refractivity contribution is -0.134. The molecule has 0 radical (unpaired) electrons. The number of amides is 3. The Bertz CT molecular complexity index is 1340. The van der Waals surface area contributed by atoms with Gasteiger partial charge in [-0.15, -0.1) is 0 Å². The van der Waals surface area contributed by atoms with Crippen LogP contribution in [0.3, 0.4) is 0 Å². The van der Waals surface area contributed by atoms with E-state index in [-0.39, 0.29) is 63.1 Å². The first-order valence-electron chi connectivity index (χ1n) is 16.4. The van der Waals surface area contributed by atoms with Gasteiger partial charge in [0.05, 0.1) is 71.4 Å². The summed E-state index contributed by atoms with van der Waals surface area (Å²) < 4.78 is 27.3. The number of Topliss-reactive ketones (excluding diaryl/α,β-unsaturated/α-hetero) is 2. The van der Waals surface area contributed by atoms with E-state index in [2.05, 4.69) is 34.9 Å². The molecular formula is C35H48N4O10. The maximum Gasteiger partial charge on any atom is 0.407 e. The van der Waals surface area contributed by atoms with Gasteiger partial charge in [-0.25, -0.2) is 4.79 Å². The second-order valence-electron chi connectivity index (χ2n) is 11.5. The van der Waals surface area contributed by atoms with E-state index in [0.717, 1.165) is 11.1 Å². The summed E-state index contributed by atoms with van der Waals surface area (Å²) in [5, 5.41) is 5.18. The van der Waals surface area contributed by atoms with Gasteiger partial charge < -0.3 is 45.8 Å². The van der Waals surface area contributed by atoms with Crippen molar-refractivity contribution in [3.05, 3.63) is 59.7 Å². The SMILES string of the molecule is C[C@H](NC(=O)[C@H](CC(N)=O)CC(=O)CCOCCOCCOCCOCCNC(=O)OCC1c2ccccc2-c2ccccc21)C(=O)CN. The molecule has 6 N–H and O–H groups in total. The van der Waals surface area contributed by atoms with E-state index in [1.165, 1.54) is 18.1 Å². The highest BCUT2D eigenvalue weighted by atomic mass is 16.6. The Morgan fingerprint density at radius 3 is 1.84 bits per heavy atom. The number of ether oxygens (including phenoxy) is 5. The fourth-order valence-corrected chi connectivity index (χ4v) is 5.29. The summed E-state index contributed by atoms with van der Waals surface area (Å²) in [6.07, 6.45) is -0.958. The fraction of sp³-hybridized carbons (Fsp3) is 0.514. The van der Waals surface area contributed by atoms with Gasteiger partial charge in [-0.1, -0.05) is 48.5 Å². The number of nitrogens with one attached hydrogen (secondary N) is 2. The second-order valence-corrected chi connectivity index (χ2v) is 11.5. The summed E-state index contributed by atoms with van der Waals surface area (Å²) in [4.78, 5) is 60.0. The summed E-state index contributed by atoms with van der Waals surface area (Å²) in [6.45, 7) is 4.24. The van der Waals surface area contributed by atoms with Crippen LogP contribution < -0.4 is 22.1 Å². The average molecular weight is 685 g/mol. The molecule has 1 aliphatic rings. The Morgan fingerprint density at radius 1 is 0.755 bits per heavy atom. The van der Waals surface area contributed by atoms with Crippen LogP contribution in [-0.2, 0) is 42.9 Å². The maximum atomic E-state index is 12.4. The van der Waals surface area contributed by atoms with Crippen molar-refractivity contribution in [1.82, 2.24) is 10.6 Å². The second kappa shape index (κ2) is 21.7. The van der Waals surface area contributed by atoms with Crippen LogP contribution in [-0.4, -0.2) is 108 Å². The van der Waals surface area contributed by atoms with Crippen molar-refractivity contribution < 1.29 is 47.7 Å². The Balaban J connectivity index is 1.13. The minimum absolute atomic E-state index is 0.00763. The van der Waals surface area contributed by atoms with E-state index >= 15 is 0 Å². The van der Waals surface area contributed by atoms with Crippen LogP contribution in [0.4, 0.5) is 4.79 Å². The molecule has 2 aromatic rings. The highest BCUT2D eigenvalue weighted by Crippen LogP contribution is 2.44. The molecule has 0 aromatic heterocycles. The first-order valence-corrected chi connectivity index (χ1v) is 16.4. The van der Waals surface area contributed by atoms with Crippen molar-refractivity contribution in [3.63, 3.8) is 0 Å². The normalized spacial score (nSPS) is 13.2. The molecule has 1 aliphatic carbocycles. The molecule has 0 saturated heterocycles. The van der Waals surface area contributed by atoms with E-state index in [0.29, 0.717) is 46.2 Å². The third-order valence-corrected chi connectivity index (χ3v) is 7.84. The molecule has 3 amide bonds. The highest BCUT2D eigenvalue weighted by Gasteiger charge is 2.29. The predicted molar refractivity (Wildman–Crippen MR) is 180 cm³/mol. The van der Waals surface area contributed by atoms with E-state index in [4.69, 9.17) is 35.2 Å². The molecule has 14 nitrogen and oxygen atoms in total. The number of ketones is 2. The van der Waals surface area contributed by atoms with E-state index in [9.17, 15) is 24.0 Å². The number of primary amides is 1. The minimum Gasteiger partial charge on any atom is -0.449 e. The number of nitrogens with two attached hydrogens (primary N) is 2. The topological polar surface area (TPSA) is 208 Å². The molecule has 0 spiro atoms. The standard InChI is InChI=1S/C35H48N4O10/c1-24(32(41)22-36)39-34(43)25(21-33(37)42)20-26(40)10-12-45-14-16-47-18-19-48-17-15-46-13-11-38-35(44)49-23-31-29-8-4-2-6-27(29)28-7-3-5-9-30(28)31/h2-9,24-25,31H,10-23,36H2,1H3,(H2,37,42)(H,38,44)(H,39,43)/t24-,25-/m0/s1. The summed E-state index contributed by atoms with van der Waals surface area (Å²) in [5.74, 6) is -2.94. The van der Waals surface area contributed by atoms with Crippen molar-refractivity contribution in [3.8, 4) is 11.1 Å². The Labute approximate surface area is 286 Å². The molecular weight excluding hydrogens is 636 g/mol. The van der Waals surface area contributed by atoms with Gasteiger partial charge in [0.25, 0.3) is 0 Å². The van der Waals surface area contributed by atoms with Gasteiger partial charge in [0.1, 0.15) is 12.4 Å². The average Bonchev–Trinajstić information content (AvgIpc) is 3.41. The van der Waals surface area contributed by atoms with Gasteiger partial charge in [-0.05, 0) is 29.2 Å². The summed E-state index contributed by atoms with van der Waals surface area (Å²) in [5.41, 5.74) is 15.2. The van der Waals surface area contributed by atoms with Crippen molar-refractivity contribution in [2.75, 3.05) is 72.6 Å². The van der Waals surface area contributed by atoms with Gasteiger partial charge in [0.15, 0.2) is 5.78 Å². The van der Waals surface area contributed by atoms with Crippen molar-refractivity contribution in [1.29, 1.82) is 0 Å². The number of carbonyl (C=O) groups is 5. The Morgan fingerprint density at radius 2 is 1.29 bits per heavy atom. The molecule has 2 aromatic carbocycles. The number of fused-ring (bicyclic) bond motifs is 3. The molecule has 14 heteroatoms. The molecule has 0 aliphatic heterocycles. The molecule has 268 valence electrons. The number of hydrogen-bond acceptors (Lipinski definition) is 11. The molecule has 3 rings (SSSR count). The quantitative estimate of drug-likeness (QED) is 0.110. The van der Waals surface area contributed by atoms with E-state index in [1.54, 1.807) is 0 Å². The Hall–Kier alpha value is -4.21. The number of rotatable bonds is 25. The molecule has 0 bridgehead atoms. The molecule has 0 fully saturated rings. The summed E-state index contributed by atoms with van der Waals surface area (Å²) in [7, 11) is 0. The minimum atomic E-state index is -0.974. The van der Waals surface area contributed by atoms with Crippen LogP contribution in [0.15, 0.2) is 48.5 Å². The number of benzene rings is 2. The number of hydrogen-bond donors (Lipinski definition) is 4. The highest BCUT2D eigenvalue weighted by molar-refractivity contribution is 5.94. The third kappa shape index (κ3) is 13.7. The van der Waals surface area contributed by atoms with E-state index in [1.807, 2.05) is 24.3 Å². The van der Waals surface area contributed by atoms with Crippen molar-refractivity contribution >= 4 is 29.5 Å². The monoisotopic (exact) mass is 684 g/mol. The lowest BCUT2D eigenvalue weighted by Crippen LogP contribution is -2.45. The van der Waals surface area contributed by atoms with Crippen LogP contribution in [0.5, 0.6) is 0 Å². The number of alkyl carbamates (subject to hydrolysis) is 1. The van der Waals surface area contributed by atoms with Gasteiger partial charge in [-0.2, -0.15) is 0 Å². The smallest absolute Gasteiger partial charge is 0.407 e. The van der Waals surface area contributed by atoms with Crippen LogP contribution in [0.2, 0.25) is 0 Å². The lowest BCUT2D eigenvalue weighted by atomic mass is 9.95. The first-order chi connectivity index (χ1) is 23.7. The molecule has 0 heterocycles. The fourth-order valence-electron chi connectivity index (χ4n) is 5.29. The summed E-state index contributed by atoms with van der Waals surface area (Å²) in [6, 6.07) is 15.5. The van der Waals surface area contributed by atoms with E-state index < -0.39 is 29.9 Å². The third-order valence-electron chi connectivity index (χ3n) is 7.84. The lowest BCUT2D eigenvalue weighted by Gasteiger charge is -2.18. The predicted octanol–water partition coefficient (Wildman–Crippen LogP) is 1.46. The van der Waals surface area contributed by atoms with Crippen molar-refractivity contribution in [2.24, 2.45) is 17.4 Å². The van der Waals surface area contributed by atoms with Gasteiger partial charge in [-0.3, -0.25) is 19.2 Å². The largest absolute Gasteiger partial charge is 0.449 e. The van der Waals surface area contributed by atoms with Gasteiger partial charge in [0, 0.05) is 31.7 Å². The summed E-state index contributed by atoms with van der Waals surface area (Å²) >= 11 is 0. The maximum absolute atomic E-state index is 12.4. The van der Waals surface area contributed by atoms with Crippen LogP contribution in [0, 0.1) is 5.92 Å².